The maximum absolute atomic E-state index is 7.83. The standard InChI is InChI=1S/C36H29NO/c1-4-10-30-29(27-14-5-6-15-28(27)31-17-8-12-24(3)35(30)31)16-7-11-23(2)25-19-20-33-32(21-25)36-26(22-37)13-9-18-34(36)38-33/h4-6,8-22,37H,1,7H2,2-3H3/b23-11?,29-16+,30-10-,37-22?. The number of hydrogen-bond acceptors (Lipinski definition) is 2. The van der Waals surface area contributed by atoms with Crippen LogP contribution in [-0.4, -0.2) is 6.21 Å². The monoisotopic (exact) mass is 491 g/mol. The summed E-state index contributed by atoms with van der Waals surface area (Å²) in [5, 5.41) is 17.5. The highest BCUT2D eigenvalue weighted by Crippen LogP contribution is 2.33. The number of furan rings is 1. The minimum absolute atomic E-state index is 0.807. The van der Waals surface area contributed by atoms with Crippen molar-refractivity contribution in [2.24, 2.45) is 0 Å². The molecule has 6 rings (SSSR count). The fraction of sp³-hybridized carbons (Fsp3) is 0.0833. The van der Waals surface area contributed by atoms with Gasteiger partial charge in [0.1, 0.15) is 11.2 Å². The van der Waals surface area contributed by atoms with E-state index in [1.165, 1.54) is 49.3 Å². The van der Waals surface area contributed by atoms with Gasteiger partial charge in [-0.05, 0) is 87.1 Å². The van der Waals surface area contributed by atoms with Crippen LogP contribution < -0.4 is 10.4 Å². The molecule has 0 radical (unpaired) electrons. The molecular formula is C36H29NO. The summed E-state index contributed by atoms with van der Waals surface area (Å²) in [6.45, 7) is 8.36. The summed E-state index contributed by atoms with van der Waals surface area (Å²) in [5.74, 6) is 0. The lowest BCUT2D eigenvalue weighted by atomic mass is 9.94. The van der Waals surface area contributed by atoms with Crippen LogP contribution in [-0.2, 0) is 0 Å². The highest BCUT2D eigenvalue weighted by Gasteiger charge is 2.11. The van der Waals surface area contributed by atoms with Gasteiger partial charge in [0.25, 0.3) is 0 Å². The number of aryl methyl sites for hydroxylation is 1. The Morgan fingerprint density at radius 2 is 1.61 bits per heavy atom. The average molecular weight is 492 g/mol. The molecule has 0 aliphatic heterocycles. The van der Waals surface area contributed by atoms with Crippen molar-refractivity contribution in [3.05, 3.63) is 125 Å². The van der Waals surface area contributed by atoms with E-state index in [4.69, 9.17) is 9.83 Å². The third-order valence-electron chi connectivity index (χ3n) is 7.51. The molecule has 0 fully saturated rings. The van der Waals surface area contributed by atoms with Crippen LogP contribution in [0.4, 0.5) is 0 Å². The maximum Gasteiger partial charge on any atom is 0.136 e. The third-order valence-corrected chi connectivity index (χ3v) is 7.51. The quantitative estimate of drug-likeness (QED) is 0.191. The zero-order valence-corrected chi connectivity index (χ0v) is 21.7. The molecule has 0 saturated carbocycles. The molecule has 0 bridgehead atoms. The SMILES string of the molecule is C=C/C=c1/c(=C/CC=C(C)c2ccc3oc4cccc(C=N)c4c3c2)c2ccccc2c2cccc(C)c12. The van der Waals surface area contributed by atoms with Crippen LogP contribution in [0.25, 0.3) is 61.2 Å². The van der Waals surface area contributed by atoms with Crippen molar-refractivity contribution in [1.29, 1.82) is 5.41 Å². The molecule has 0 amide bonds. The van der Waals surface area contributed by atoms with Gasteiger partial charge in [-0.1, -0.05) is 91.5 Å². The number of allylic oxidation sites excluding steroid dienone is 3. The summed E-state index contributed by atoms with van der Waals surface area (Å²) in [6.07, 6.45) is 10.9. The second-order valence-corrected chi connectivity index (χ2v) is 9.78. The van der Waals surface area contributed by atoms with Crippen LogP contribution in [0.3, 0.4) is 0 Å². The maximum atomic E-state index is 7.83. The van der Waals surface area contributed by atoms with Crippen LogP contribution in [0.1, 0.15) is 30.0 Å². The summed E-state index contributed by atoms with van der Waals surface area (Å²) in [6, 6.07) is 27.4. The van der Waals surface area contributed by atoms with Crippen molar-refractivity contribution < 1.29 is 4.42 Å². The van der Waals surface area contributed by atoms with Crippen molar-refractivity contribution in [3.8, 4) is 0 Å². The van der Waals surface area contributed by atoms with Crippen LogP contribution in [0, 0.1) is 12.3 Å². The van der Waals surface area contributed by atoms with Gasteiger partial charge in [0.15, 0.2) is 0 Å². The molecule has 38 heavy (non-hydrogen) atoms. The Balaban J connectivity index is 1.49. The van der Waals surface area contributed by atoms with Gasteiger partial charge < -0.3 is 9.83 Å². The average Bonchev–Trinajstić information content (AvgIpc) is 3.32. The largest absolute Gasteiger partial charge is 0.456 e. The van der Waals surface area contributed by atoms with E-state index in [0.717, 1.165) is 39.5 Å². The van der Waals surface area contributed by atoms with Gasteiger partial charge in [-0.25, -0.2) is 0 Å². The van der Waals surface area contributed by atoms with Gasteiger partial charge in [-0.15, -0.1) is 0 Å². The Kier molecular flexibility index (Phi) is 6.01. The summed E-state index contributed by atoms with van der Waals surface area (Å²) >= 11 is 0. The Morgan fingerprint density at radius 3 is 2.42 bits per heavy atom. The molecule has 0 unspecified atom stereocenters. The van der Waals surface area contributed by atoms with Gasteiger partial charge in [-0.3, -0.25) is 0 Å². The zero-order chi connectivity index (χ0) is 26.2. The van der Waals surface area contributed by atoms with E-state index in [2.05, 4.69) is 93.3 Å². The molecule has 2 heteroatoms. The lowest BCUT2D eigenvalue weighted by Gasteiger charge is -2.10. The first-order valence-corrected chi connectivity index (χ1v) is 13.0. The predicted octanol–water partition coefficient (Wildman–Crippen LogP) is 8.44. The van der Waals surface area contributed by atoms with E-state index in [1.54, 1.807) is 0 Å². The lowest BCUT2D eigenvalue weighted by Crippen LogP contribution is -2.27. The minimum atomic E-state index is 0.807. The van der Waals surface area contributed by atoms with E-state index in [0.29, 0.717) is 0 Å². The zero-order valence-electron chi connectivity index (χ0n) is 21.7. The molecule has 184 valence electrons. The van der Waals surface area contributed by atoms with Crippen molar-refractivity contribution in [2.45, 2.75) is 20.3 Å². The fourth-order valence-electron chi connectivity index (χ4n) is 5.68. The molecule has 0 spiro atoms. The topological polar surface area (TPSA) is 37.0 Å². The van der Waals surface area contributed by atoms with Gasteiger partial charge in [0.2, 0.25) is 0 Å². The molecule has 2 nitrogen and oxygen atoms in total. The van der Waals surface area contributed by atoms with E-state index in [1.807, 2.05) is 30.3 Å². The molecule has 0 saturated heterocycles. The summed E-state index contributed by atoms with van der Waals surface area (Å²) in [4.78, 5) is 0. The van der Waals surface area contributed by atoms with Crippen molar-refractivity contribution in [1.82, 2.24) is 0 Å². The third kappa shape index (κ3) is 3.86. The Bertz CT molecular complexity index is 2050. The van der Waals surface area contributed by atoms with Crippen LogP contribution in [0.5, 0.6) is 0 Å². The second-order valence-electron chi connectivity index (χ2n) is 9.78. The normalized spacial score (nSPS) is 13.3. The highest BCUT2D eigenvalue weighted by molar-refractivity contribution is 6.13. The smallest absolute Gasteiger partial charge is 0.136 e. The Labute approximate surface area is 222 Å². The molecule has 0 aliphatic rings. The number of fused-ring (bicyclic) bond motifs is 6. The number of hydrogen-bond donors (Lipinski definition) is 1. The van der Waals surface area contributed by atoms with E-state index < -0.39 is 0 Å². The van der Waals surface area contributed by atoms with E-state index in [9.17, 15) is 0 Å². The molecule has 1 N–H and O–H groups in total. The Hall–Kier alpha value is -4.69. The van der Waals surface area contributed by atoms with Crippen molar-refractivity contribution >= 4 is 67.4 Å². The second kappa shape index (κ2) is 9.64. The van der Waals surface area contributed by atoms with Gasteiger partial charge in [0, 0.05) is 22.6 Å². The van der Waals surface area contributed by atoms with Gasteiger partial charge >= 0.3 is 0 Å². The first-order valence-electron chi connectivity index (χ1n) is 13.0. The van der Waals surface area contributed by atoms with Crippen molar-refractivity contribution in [3.63, 3.8) is 0 Å². The van der Waals surface area contributed by atoms with Gasteiger partial charge in [-0.2, -0.15) is 0 Å². The van der Waals surface area contributed by atoms with Crippen LogP contribution >= 0.6 is 0 Å². The van der Waals surface area contributed by atoms with Crippen LogP contribution in [0.15, 0.2) is 102 Å². The molecule has 1 heterocycles. The molecule has 0 aliphatic carbocycles. The van der Waals surface area contributed by atoms with Gasteiger partial charge in [0.05, 0.1) is 0 Å². The first-order chi connectivity index (χ1) is 18.6. The highest BCUT2D eigenvalue weighted by atomic mass is 16.3. The summed E-state index contributed by atoms with van der Waals surface area (Å²) in [5.41, 5.74) is 6.17. The summed E-state index contributed by atoms with van der Waals surface area (Å²) < 4.78 is 6.05. The Morgan fingerprint density at radius 1 is 0.816 bits per heavy atom. The lowest BCUT2D eigenvalue weighted by molar-refractivity contribution is 0.669. The minimum Gasteiger partial charge on any atom is -0.456 e. The predicted molar refractivity (Wildman–Crippen MR) is 164 cm³/mol. The molecule has 1 aromatic heterocycles. The van der Waals surface area contributed by atoms with Crippen molar-refractivity contribution in [2.75, 3.05) is 0 Å². The van der Waals surface area contributed by atoms with E-state index >= 15 is 0 Å². The number of rotatable bonds is 5. The van der Waals surface area contributed by atoms with E-state index in [-0.39, 0.29) is 0 Å². The molecule has 6 aromatic rings. The molecule has 0 atom stereocenters. The number of benzene rings is 5. The fourth-order valence-corrected chi connectivity index (χ4v) is 5.68. The van der Waals surface area contributed by atoms with Crippen LogP contribution in [0.2, 0.25) is 0 Å². The molecular weight excluding hydrogens is 462 g/mol. The number of nitrogens with one attached hydrogen (secondary N) is 1. The summed E-state index contributed by atoms with van der Waals surface area (Å²) in [7, 11) is 0. The first kappa shape index (κ1) is 23.7. The molecule has 5 aromatic carbocycles.